The van der Waals surface area contributed by atoms with Crippen LogP contribution in [0.2, 0.25) is 0 Å². The van der Waals surface area contributed by atoms with E-state index < -0.39 is 22.1 Å². The molecule has 0 atom stereocenters. The van der Waals surface area contributed by atoms with Crippen molar-refractivity contribution in [3.63, 3.8) is 0 Å². The highest BCUT2D eigenvalue weighted by atomic mass is 32.2. The average molecular weight is 434 g/mol. The van der Waals surface area contributed by atoms with Gasteiger partial charge in [0.05, 0.1) is 4.90 Å². The highest BCUT2D eigenvalue weighted by molar-refractivity contribution is 7.89. The van der Waals surface area contributed by atoms with Gasteiger partial charge < -0.3 is 9.64 Å². The van der Waals surface area contributed by atoms with E-state index in [1.54, 1.807) is 16.2 Å². The molecular formula is C17H17F3N2O4S2. The van der Waals surface area contributed by atoms with Crippen LogP contribution in [0.25, 0.3) is 0 Å². The van der Waals surface area contributed by atoms with E-state index in [2.05, 4.69) is 9.46 Å². The first-order chi connectivity index (χ1) is 13.1. The number of carbonyl (C=O) groups is 1. The van der Waals surface area contributed by atoms with Crippen LogP contribution in [0.15, 0.2) is 40.6 Å². The quantitative estimate of drug-likeness (QED) is 0.759. The third kappa shape index (κ3) is 5.24. The van der Waals surface area contributed by atoms with Gasteiger partial charge in [0, 0.05) is 30.9 Å². The Hall–Kier alpha value is -2.11. The van der Waals surface area contributed by atoms with E-state index in [1.165, 1.54) is 4.88 Å². The average Bonchev–Trinajstić information content (AvgIpc) is 3.08. The van der Waals surface area contributed by atoms with Crippen molar-refractivity contribution >= 4 is 27.3 Å². The van der Waals surface area contributed by atoms with Crippen molar-refractivity contribution in [2.24, 2.45) is 0 Å². The third-order valence-electron chi connectivity index (χ3n) is 4.16. The third-order valence-corrected chi connectivity index (χ3v) is 6.66. The second-order valence-corrected chi connectivity index (χ2v) is 8.87. The number of rotatable bonds is 6. The molecular weight excluding hydrogens is 417 g/mol. The summed E-state index contributed by atoms with van der Waals surface area (Å²) in [5.74, 6) is -0.673. The van der Waals surface area contributed by atoms with Crippen LogP contribution in [0.3, 0.4) is 0 Å². The summed E-state index contributed by atoms with van der Waals surface area (Å²) in [6, 6.07) is 5.83. The molecule has 1 aliphatic heterocycles. The standard InChI is InChI=1S/C17H17F3N2O4S2/c18-17(19,20)26-13-1-3-14(4-2-13)28(24,25)21-8-5-16(23)22-9-6-15-12(11-22)7-10-27-15/h1-4,7,10,21H,5-6,8-9,11H2. The maximum atomic E-state index is 12.3. The SMILES string of the molecule is O=C(CCNS(=O)(=O)c1ccc(OC(F)(F)F)cc1)N1CCc2sccc2C1. The molecule has 0 bridgehead atoms. The van der Waals surface area contributed by atoms with Gasteiger partial charge in [-0.25, -0.2) is 13.1 Å². The molecule has 3 rings (SSSR count). The first-order valence-electron chi connectivity index (χ1n) is 8.32. The van der Waals surface area contributed by atoms with Gasteiger partial charge >= 0.3 is 6.36 Å². The Balaban J connectivity index is 1.51. The van der Waals surface area contributed by atoms with Crippen molar-refractivity contribution in [2.45, 2.75) is 30.6 Å². The van der Waals surface area contributed by atoms with Crippen molar-refractivity contribution in [2.75, 3.05) is 13.1 Å². The lowest BCUT2D eigenvalue weighted by atomic mass is 10.1. The number of nitrogens with one attached hydrogen (secondary N) is 1. The van der Waals surface area contributed by atoms with Gasteiger partial charge in [-0.1, -0.05) is 0 Å². The van der Waals surface area contributed by atoms with Crippen molar-refractivity contribution in [1.29, 1.82) is 0 Å². The zero-order chi connectivity index (χ0) is 20.4. The first-order valence-corrected chi connectivity index (χ1v) is 10.7. The van der Waals surface area contributed by atoms with Crippen LogP contribution in [0.4, 0.5) is 13.2 Å². The Morgan fingerprint density at radius 1 is 1.21 bits per heavy atom. The summed E-state index contributed by atoms with van der Waals surface area (Å²) in [6.45, 7) is 1.01. The molecule has 6 nitrogen and oxygen atoms in total. The molecule has 1 N–H and O–H groups in total. The van der Waals surface area contributed by atoms with Crippen LogP contribution in [0.1, 0.15) is 16.9 Å². The smallest absolute Gasteiger partial charge is 0.406 e. The molecule has 2 heterocycles. The van der Waals surface area contributed by atoms with E-state index in [-0.39, 0.29) is 23.8 Å². The summed E-state index contributed by atoms with van der Waals surface area (Å²) < 4.78 is 66.9. The number of sulfonamides is 1. The van der Waals surface area contributed by atoms with Gasteiger partial charge in [0.25, 0.3) is 0 Å². The van der Waals surface area contributed by atoms with Crippen LogP contribution in [-0.2, 0) is 27.8 Å². The molecule has 1 aliphatic rings. The van der Waals surface area contributed by atoms with E-state index in [4.69, 9.17) is 0 Å². The molecule has 1 aromatic carbocycles. The number of carbonyl (C=O) groups excluding carboxylic acids is 1. The fourth-order valence-electron chi connectivity index (χ4n) is 2.82. The maximum absolute atomic E-state index is 12.3. The van der Waals surface area contributed by atoms with Crippen LogP contribution in [-0.4, -0.2) is 38.7 Å². The number of halogens is 3. The monoisotopic (exact) mass is 434 g/mol. The Kier molecular flexibility index (Phi) is 5.96. The summed E-state index contributed by atoms with van der Waals surface area (Å²) in [5, 5.41) is 1.98. The fourth-order valence-corrected chi connectivity index (χ4v) is 4.74. The van der Waals surface area contributed by atoms with Crippen molar-refractivity contribution in [1.82, 2.24) is 9.62 Å². The maximum Gasteiger partial charge on any atom is 0.573 e. The van der Waals surface area contributed by atoms with Gasteiger partial charge in [0.1, 0.15) is 5.75 Å². The van der Waals surface area contributed by atoms with Gasteiger partial charge in [-0.05, 0) is 47.7 Å². The predicted octanol–water partition coefficient (Wildman–Crippen LogP) is 2.90. The Morgan fingerprint density at radius 3 is 2.61 bits per heavy atom. The molecule has 1 aromatic heterocycles. The minimum atomic E-state index is -4.85. The largest absolute Gasteiger partial charge is 0.573 e. The van der Waals surface area contributed by atoms with Gasteiger partial charge in [0.2, 0.25) is 15.9 Å². The number of hydrogen-bond acceptors (Lipinski definition) is 5. The molecule has 0 fully saturated rings. The Bertz CT molecular complexity index is 940. The van der Waals surface area contributed by atoms with Gasteiger partial charge in [-0.15, -0.1) is 24.5 Å². The van der Waals surface area contributed by atoms with E-state index in [1.807, 2.05) is 11.4 Å². The lowest BCUT2D eigenvalue weighted by Gasteiger charge is -2.27. The predicted molar refractivity (Wildman–Crippen MR) is 96.4 cm³/mol. The number of amides is 1. The molecule has 0 saturated heterocycles. The van der Waals surface area contributed by atoms with Crippen LogP contribution >= 0.6 is 11.3 Å². The van der Waals surface area contributed by atoms with Gasteiger partial charge in [-0.3, -0.25) is 4.79 Å². The fraction of sp³-hybridized carbons (Fsp3) is 0.353. The Labute approximate surface area is 164 Å². The van der Waals surface area contributed by atoms with Crippen molar-refractivity contribution in [3.8, 4) is 5.75 Å². The van der Waals surface area contributed by atoms with Crippen LogP contribution in [0.5, 0.6) is 5.75 Å². The normalized spacial score (nSPS) is 14.6. The summed E-state index contributed by atoms with van der Waals surface area (Å²) in [5.41, 5.74) is 1.12. The summed E-state index contributed by atoms with van der Waals surface area (Å²) in [6.07, 6.45) is -4.07. The number of ether oxygens (including phenoxy) is 1. The highest BCUT2D eigenvalue weighted by Crippen LogP contribution is 2.25. The zero-order valence-electron chi connectivity index (χ0n) is 14.5. The zero-order valence-corrected chi connectivity index (χ0v) is 16.2. The molecule has 0 radical (unpaired) electrons. The lowest BCUT2D eigenvalue weighted by molar-refractivity contribution is -0.274. The second-order valence-electron chi connectivity index (χ2n) is 6.10. The first kappa shape index (κ1) is 20.6. The number of hydrogen-bond donors (Lipinski definition) is 1. The van der Waals surface area contributed by atoms with Gasteiger partial charge in [0.15, 0.2) is 0 Å². The van der Waals surface area contributed by atoms with Crippen molar-refractivity contribution in [3.05, 3.63) is 46.2 Å². The molecule has 0 spiro atoms. The topological polar surface area (TPSA) is 75.7 Å². The summed E-state index contributed by atoms with van der Waals surface area (Å²) in [7, 11) is -3.94. The summed E-state index contributed by atoms with van der Waals surface area (Å²) >= 11 is 1.66. The number of nitrogens with zero attached hydrogens (tertiary/aromatic N) is 1. The molecule has 28 heavy (non-hydrogen) atoms. The molecule has 152 valence electrons. The van der Waals surface area contributed by atoms with Crippen LogP contribution in [0, 0.1) is 0 Å². The molecule has 0 saturated carbocycles. The second kappa shape index (κ2) is 8.10. The number of alkyl halides is 3. The molecule has 1 amide bonds. The number of benzene rings is 1. The minimum Gasteiger partial charge on any atom is -0.406 e. The molecule has 0 unspecified atom stereocenters. The molecule has 0 aliphatic carbocycles. The molecule has 11 heteroatoms. The van der Waals surface area contributed by atoms with E-state index in [9.17, 15) is 26.4 Å². The van der Waals surface area contributed by atoms with Gasteiger partial charge in [-0.2, -0.15) is 0 Å². The number of thiophene rings is 1. The van der Waals surface area contributed by atoms with Crippen LogP contribution < -0.4 is 9.46 Å². The minimum absolute atomic E-state index is 0.00598. The van der Waals surface area contributed by atoms with Crippen molar-refractivity contribution < 1.29 is 31.1 Å². The molecule has 2 aromatic rings. The van der Waals surface area contributed by atoms with E-state index >= 15 is 0 Å². The number of fused-ring (bicyclic) bond motifs is 1. The van der Waals surface area contributed by atoms with E-state index in [0.717, 1.165) is 36.2 Å². The Morgan fingerprint density at radius 2 is 1.93 bits per heavy atom. The lowest BCUT2D eigenvalue weighted by Crippen LogP contribution is -2.37. The van der Waals surface area contributed by atoms with E-state index in [0.29, 0.717) is 13.1 Å². The summed E-state index contributed by atoms with van der Waals surface area (Å²) in [4.78, 5) is 15.0. The highest BCUT2D eigenvalue weighted by Gasteiger charge is 2.31.